The fourth-order valence-electron chi connectivity index (χ4n) is 7.23. The summed E-state index contributed by atoms with van der Waals surface area (Å²) >= 11 is 1.39. The largest absolute Gasteiger partial charge is 0.508 e. The Balaban J connectivity index is 2.08. The highest BCUT2D eigenvalue weighted by Gasteiger charge is 2.38. The Kier molecular flexibility index (Phi) is 26.0. The Bertz CT molecular complexity index is 2220. The molecule has 0 aliphatic carbocycles. The van der Waals surface area contributed by atoms with E-state index in [-0.39, 0.29) is 68.2 Å². The van der Waals surface area contributed by atoms with Crippen molar-refractivity contribution in [2.75, 3.05) is 31.1 Å². The Morgan fingerprint density at radius 2 is 1.56 bits per heavy atom. The average Bonchev–Trinajstić information content (AvgIpc) is 3.85. The van der Waals surface area contributed by atoms with E-state index in [0.29, 0.717) is 12.0 Å². The maximum absolute atomic E-state index is 14.7. The van der Waals surface area contributed by atoms with Gasteiger partial charge in [0.1, 0.15) is 23.9 Å². The summed E-state index contributed by atoms with van der Waals surface area (Å²) < 4.78 is 0. The number of nitrogens with one attached hydrogen (secondary N) is 7. The molecule has 72 heavy (non-hydrogen) atoms. The van der Waals surface area contributed by atoms with Gasteiger partial charge in [0.2, 0.25) is 64.5 Å². The predicted octanol–water partition coefficient (Wildman–Crippen LogP) is -1.40. The number of amides is 7. The number of phenols is 1. The lowest BCUT2D eigenvalue weighted by Crippen LogP contribution is -2.62. The van der Waals surface area contributed by atoms with Crippen molar-refractivity contribution in [3.8, 4) is 5.75 Å². The molecule has 1 aromatic carbocycles. The van der Waals surface area contributed by atoms with Gasteiger partial charge in [-0.2, -0.15) is 0 Å². The Labute approximate surface area is 429 Å². The first-order valence-electron chi connectivity index (χ1n) is 23.3. The smallest absolute Gasteiger partial charge is 0.246 e. The molecule has 14 N–H and O–H groups in total. The fraction of sp³-hybridized carbons (Fsp3) is 0.543. The molecule has 23 nitrogen and oxygen atoms in total. The number of phenolic OH excluding ortho intramolecular Hbond substituents is 1. The second-order valence-electron chi connectivity index (χ2n) is 17.6. The zero-order valence-corrected chi connectivity index (χ0v) is 43.1. The SMILES string of the molecule is CC[C@H](C)C1NN[C@@H](CCC(N)=O)C(=O)N[C@@H](CC(N)=O)C(=O)N[C@H](C(=O)N(CCc2cccs2)CC(=O)N[C@@H](CC(C)C)C(=O)C(=O)CNN)CSSCCC(=O)N[C@@H](Cc2ccc(O)cc2)C(=O)C1=O. The first-order chi connectivity index (χ1) is 34.1. The van der Waals surface area contributed by atoms with Crippen LogP contribution in [0.2, 0.25) is 0 Å². The highest BCUT2D eigenvalue weighted by Crippen LogP contribution is 2.24. The topological polar surface area (TPSA) is 374 Å². The first-order valence-corrected chi connectivity index (χ1v) is 26.7. The first kappa shape index (κ1) is 60.5. The number of nitrogens with zero attached hydrogens (tertiary/aromatic N) is 1. The summed E-state index contributed by atoms with van der Waals surface area (Å²) in [5.74, 6) is -5.34. The molecule has 7 atom stereocenters. The monoisotopic (exact) mass is 1060 g/mol. The number of hydrogen-bond acceptors (Lipinski definition) is 19. The van der Waals surface area contributed by atoms with Crippen molar-refractivity contribution in [2.24, 2.45) is 29.1 Å². The molecule has 396 valence electrons. The molecule has 1 aliphatic rings. The average molecular weight is 1060 g/mol. The minimum Gasteiger partial charge on any atom is -0.508 e. The van der Waals surface area contributed by atoms with Crippen molar-refractivity contribution in [1.29, 1.82) is 0 Å². The molecule has 2 aromatic rings. The van der Waals surface area contributed by atoms with Gasteiger partial charge in [-0.25, -0.2) is 10.9 Å². The molecule has 1 fully saturated rings. The van der Waals surface area contributed by atoms with Crippen LogP contribution in [0.1, 0.15) is 76.7 Å². The van der Waals surface area contributed by atoms with Gasteiger partial charge in [-0.05, 0) is 60.2 Å². The molecule has 1 aromatic heterocycles. The molecule has 26 heteroatoms. The molecular formula is C46H67N11O12S3. The number of aromatic hydroxyl groups is 1. The van der Waals surface area contributed by atoms with Gasteiger partial charge in [-0.3, -0.25) is 64.0 Å². The minimum atomic E-state index is -1.73. The third-order valence-corrected chi connectivity index (χ3v) is 14.7. The molecule has 0 bridgehead atoms. The number of primary amides is 2. The van der Waals surface area contributed by atoms with Crippen LogP contribution in [-0.2, 0) is 65.6 Å². The maximum atomic E-state index is 14.7. The van der Waals surface area contributed by atoms with Gasteiger partial charge in [-0.15, -0.1) is 11.3 Å². The molecule has 7 amide bonds. The van der Waals surface area contributed by atoms with E-state index < -0.39 is 126 Å². The molecule has 1 saturated heterocycles. The van der Waals surface area contributed by atoms with Crippen LogP contribution in [0.3, 0.4) is 0 Å². The molecule has 0 saturated carbocycles. The van der Waals surface area contributed by atoms with Crippen LogP contribution in [0.4, 0.5) is 0 Å². The lowest BCUT2D eigenvalue weighted by Gasteiger charge is -2.30. The third-order valence-electron chi connectivity index (χ3n) is 11.3. The van der Waals surface area contributed by atoms with Crippen molar-refractivity contribution < 1.29 is 57.8 Å². The van der Waals surface area contributed by atoms with E-state index in [0.717, 1.165) is 31.4 Å². The van der Waals surface area contributed by atoms with E-state index in [9.17, 15) is 57.8 Å². The fourth-order valence-corrected chi connectivity index (χ4v) is 10.1. The van der Waals surface area contributed by atoms with Gasteiger partial charge in [0, 0.05) is 42.2 Å². The van der Waals surface area contributed by atoms with E-state index in [4.69, 9.17) is 17.3 Å². The van der Waals surface area contributed by atoms with Crippen LogP contribution < -0.4 is 54.9 Å². The highest BCUT2D eigenvalue weighted by molar-refractivity contribution is 8.76. The van der Waals surface area contributed by atoms with E-state index in [1.807, 2.05) is 11.4 Å². The van der Waals surface area contributed by atoms with Crippen molar-refractivity contribution in [3.05, 3.63) is 52.2 Å². The second-order valence-corrected chi connectivity index (χ2v) is 21.2. The summed E-state index contributed by atoms with van der Waals surface area (Å²) in [7, 11) is 2.17. The summed E-state index contributed by atoms with van der Waals surface area (Å²) in [6.07, 6.45) is -1.08. The van der Waals surface area contributed by atoms with Crippen LogP contribution >= 0.6 is 32.9 Å². The number of nitrogens with two attached hydrogens (primary N) is 3. The summed E-state index contributed by atoms with van der Waals surface area (Å²) in [6.45, 7) is 5.81. The Morgan fingerprint density at radius 1 is 0.861 bits per heavy atom. The summed E-state index contributed by atoms with van der Waals surface area (Å²) in [4.78, 5) is 151. The number of thiophene rings is 1. The summed E-state index contributed by atoms with van der Waals surface area (Å²) in [5, 5.41) is 22.0. The normalized spacial score (nSPS) is 20.8. The number of Topliss-reactive ketones (excluding diaryl/α,β-unsaturated/α-hetero) is 4. The van der Waals surface area contributed by atoms with E-state index in [1.54, 1.807) is 33.8 Å². The molecule has 1 unspecified atom stereocenters. The number of hydrogen-bond donors (Lipinski definition) is 11. The van der Waals surface area contributed by atoms with Crippen molar-refractivity contribution in [2.45, 2.75) is 115 Å². The summed E-state index contributed by atoms with van der Waals surface area (Å²) in [5.41, 5.74) is 19.1. The molecule has 0 radical (unpaired) electrons. The van der Waals surface area contributed by atoms with Crippen LogP contribution in [0, 0.1) is 11.8 Å². The maximum Gasteiger partial charge on any atom is 0.246 e. The summed E-state index contributed by atoms with van der Waals surface area (Å²) in [6, 6.07) is 0.888. The zero-order valence-electron chi connectivity index (χ0n) is 40.7. The van der Waals surface area contributed by atoms with Gasteiger partial charge < -0.3 is 42.7 Å². The van der Waals surface area contributed by atoms with Crippen molar-refractivity contribution in [3.63, 3.8) is 0 Å². The molecular weight excluding hydrogens is 995 g/mol. The lowest BCUT2D eigenvalue weighted by molar-refractivity contribution is -0.141. The number of rotatable bonds is 22. The van der Waals surface area contributed by atoms with Crippen LogP contribution in [0.25, 0.3) is 0 Å². The minimum absolute atomic E-state index is 0.0477. The van der Waals surface area contributed by atoms with E-state index in [2.05, 4.69) is 37.5 Å². The third kappa shape index (κ3) is 20.8. The number of ketones is 4. The van der Waals surface area contributed by atoms with Gasteiger partial charge in [0.25, 0.3) is 0 Å². The van der Waals surface area contributed by atoms with Crippen molar-refractivity contribution in [1.82, 2.24) is 42.4 Å². The van der Waals surface area contributed by atoms with E-state index in [1.165, 1.54) is 35.6 Å². The number of hydrazine groups is 2. The number of carbonyl (C=O) groups is 11. The van der Waals surface area contributed by atoms with Gasteiger partial charge in [0.05, 0.1) is 37.6 Å². The zero-order chi connectivity index (χ0) is 53.5. The predicted molar refractivity (Wildman–Crippen MR) is 271 cm³/mol. The Morgan fingerprint density at radius 3 is 2.17 bits per heavy atom. The van der Waals surface area contributed by atoms with Crippen LogP contribution in [-0.4, -0.2) is 142 Å². The standard InChI is InChI=1S/C46H67N11O12S3/c1-5-26(4)40-43(66)42(65)32(20-27-8-10-28(58)11-9-27)51-38(62)15-18-71-72-24-34(54-45(68)33(21-37(48)61)53-44(67)30(55-56-40)12-13-36(47)60)46(69)57(16-14-29-7-6-17-70-29)23-39(63)52-31(19-25(2)3)41(64)35(59)22-50-49/h6-11,17,25-26,30-34,40,50,55-56,58H,5,12-16,18-24,49H2,1-4H3,(H2,47,60)(H2,48,61)(H,51,62)(H,52,63)(H,53,67)(H,54,68)/t26-,30-,31-,32-,33-,34-,40?/m0/s1. The molecule has 3 rings (SSSR count). The van der Waals surface area contributed by atoms with Crippen molar-refractivity contribution >= 4 is 97.4 Å². The molecule has 0 spiro atoms. The van der Waals surface area contributed by atoms with Gasteiger partial charge in [0.15, 0.2) is 0 Å². The van der Waals surface area contributed by atoms with Crippen LogP contribution in [0.5, 0.6) is 5.75 Å². The molecule has 1 aliphatic heterocycles. The second kappa shape index (κ2) is 31.0. The van der Waals surface area contributed by atoms with Gasteiger partial charge >= 0.3 is 0 Å². The Hall–Kier alpha value is -5.77. The highest BCUT2D eigenvalue weighted by atomic mass is 33.1. The number of benzene rings is 1. The number of carbonyl (C=O) groups excluding carboxylic acids is 11. The van der Waals surface area contributed by atoms with Gasteiger partial charge in [-0.1, -0.05) is 73.9 Å². The molecule has 2 heterocycles. The van der Waals surface area contributed by atoms with E-state index >= 15 is 0 Å². The lowest BCUT2D eigenvalue weighted by atomic mass is 9.90. The quantitative estimate of drug-likeness (QED) is 0.0279. The van der Waals surface area contributed by atoms with Crippen LogP contribution in [0.15, 0.2) is 41.8 Å².